The molecule has 1 aliphatic heterocycles. The standard InChI is InChI=1S/C24H24N4/c1-26-13-15-27(16-14-26)21-8-10-22(11-9-21)28-18-25-23-17-20(7-12-24(23)28)19-5-3-2-4-6-19/h2-12,17-18H,13-16H2,1H3. The average Bonchev–Trinajstić information content (AvgIpc) is 3.18. The molecule has 3 aromatic carbocycles. The van der Waals surface area contributed by atoms with Gasteiger partial charge >= 0.3 is 0 Å². The lowest BCUT2D eigenvalue weighted by atomic mass is 10.1. The second-order valence-corrected chi connectivity index (χ2v) is 7.49. The Morgan fingerprint density at radius 1 is 0.714 bits per heavy atom. The first-order chi connectivity index (χ1) is 13.8. The van der Waals surface area contributed by atoms with Crippen LogP contribution in [0.25, 0.3) is 27.8 Å². The molecule has 0 amide bonds. The van der Waals surface area contributed by atoms with Gasteiger partial charge < -0.3 is 9.80 Å². The summed E-state index contributed by atoms with van der Waals surface area (Å²) in [6, 6.07) is 25.8. The third kappa shape index (κ3) is 3.16. The van der Waals surface area contributed by atoms with Gasteiger partial charge in [0.25, 0.3) is 0 Å². The zero-order chi connectivity index (χ0) is 18.9. The van der Waals surface area contributed by atoms with Crippen LogP contribution >= 0.6 is 0 Å². The molecular weight excluding hydrogens is 344 g/mol. The van der Waals surface area contributed by atoms with Crippen LogP contribution in [0.1, 0.15) is 0 Å². The molecule has 2 heterocycles. The summed E-state index contributed by atoms with van der Waals surface area (Å²) >= 11 is 0. The highest BCUT2D eigenvalue weighted by Gasteiger charge is 2.14. The van der Waals surface area contributed by atoms with Gasteiger partial charge in [-0.3, -0.25) is 4.57 Å². The van der Waals surface area contributed by atoms with E-state index in [1.54, 1.807) is 0 Å². The van der Waals surface area contributed by atoms with Crippen molar-refractivity contribution in [1.82, 2.24) is 14.5 Å². The van der Waals surface area contributed by atoms with Crippen molar-refractivity contribution in [2.75, 3.05) is 38.1 Å². The van der Waals surface area contributed by atoms with E-state index >= 15 is 0 Å². The molecule has 140 valence electrons. The highest BCUT2D eigenvalue weighted by atomic mass is 15.2. The molecule has 0 aliphatic carbocycles. The van der Waals surface area contributed by atoms with Gasteiger partial charge in [-0.2, -0.15) is 0 Å². The first-order valence-electron chi connectivity index (χ1n) is 9.84. The fourth-order valence-corrected chi connectivity index (χ4v) is 3.92. The van der Waals surface area contributed by atoms with E-state index in [1.807, 2.05) is 12.4 Å². The van der Waals surface area contributed by atoms with Crippen LogP contribution in [0, 0.1) is 0 Å². The summed E-state index contributed by atoms with van der Waals surface area (Å²) in [5.74, 6) is 0. The molecule has 4 heteroatoms. The Bertz CT molecular complexity index is 1070. The van der Waals surface area contributed by atoms with Gasteiger partial charge in [-0.1, -0.05) is 36.4 Å². The average molecular weight is 368 g/mol. The molecule has 0 radical (unpaired) electrons. The van der Waals surface area contributed by atoms with Crippen LogP contribution in [0.4, 0.5) is 5.69 Å². The van der Waals surface area contributed by atoms with E-state index in [0.29, 0.717) is 0 Å². The number of hydrogen-bond donors (Lipinski definition) is 0. The summed E-state index contributed by atoms with van der Waals surface area (Å²) in [5.41, 5.74) is 7.01. The summed E-state index contributed by atoms with van der Waals surface area (Å²) in [7, 11) is 2.19. The maximum atomic E-state index is 4.65. The zero-order valence-corrected chi connectivity index (χ0v) is 16.1. The zero-order valence-electron chi connectivity index (χ0n) is 16.1. The number of imidazole rings is 1. The minimum atomic E-state index is 1.02. The second-order valence-electron chi connectivity index (χ2n) is 7.49. The van der Waals surface area contributed by atoms with Crippen LogP contribution in [0.15, 0.2) is 79.1 Å². The van der Waals surface area contributed by atoms with Crippen LogP contribution < -0.4 is 4.90 Å². The van der Waals surface area contributed by atoms with Crippen LogP contribution in [-0.2, 0) is 0 Å². The minimum Gasteiger partial charge on any atom is -0.369 e. The van der Waals surface area contributed by atoms with Crippen molar-refractivity contribution in [1.29, 1.82) is 0 Å². The minimum absolute atomic E-state index is 1.02. The van der Waals surface area contributed by atoms with Gasteiger partial charge in [-0.15, -0.1) is 0 Å². The lowest BCUT2D eigenvalue weighted by Gasteiger charge is -2.34. The molecule has 5 rings (SSSR count). The molecule has 0 saturated carbocycles. The number of aromatic nitrogens is 2. The van der Waals surface area contributed by atoms with Gasteiger partial charge in [-0.25, -0.2) is 4.98 Å². The molecule has 1 aromatic heterocycles. The van der Waals surface area contributed by atoms with Gasteiger partial charge in [0, 0.05) is 37.6 Å². The van der Waals surface area contributed by atoms with Crippen molar-refractivity contribution >= 4 is 16.7 Å². The molecule has 1 aliphatic rings. The van der Waals surface area contributed by atoms with E-state index < -0.39 is 0 Å². The van der Waals surface area contributed by atoms with Gasteiger partial charge in [0.2, 0.25) is 0 Å². The largest absolute Gasteiger partial charge is 0.369 e. The number of nitrogens with zero attached hydrogens (tertiary/aromatic N) is 4. The Morgan fingerprint density at radius 2 is 1.43 bits per heavy atom. The first-order valence-corrected chi connectivity index (χ1v) is 9.84. The number of rotatable bonds is 3. The second kappa shape index (κ2) is 7.13. The van der Waals surface area contributed by atoms with Crippen molar-refractivity contribution in [2.45, 2.75) is 0 Å². The fourth-order valence-electron chi connectivity index (χ4n) is 3.92. The number of fused-ring (bicyclic) bond motifs is 1. The molecule has 28 heavy (non-hydrogen) atoms. The number of benzene rings is 3. The van der Waals surface area contributed by atoms with E-state index in [4.69, 9.17) is 0 Å². The molecule has 0 atom stereocenters. The van der Waals surface area contributed by atoms with Crippen molar-refractivity contribution in [3.05, 3.63) is 79.1 Å². The summed E-state index contributed by atoms with van der Waals surface area (Å²) in [4.78, 5) is 9.49. The molecule has 0 spiro atoms. The predicted molar refractivity (Wildman–Crippen MR) is 116 cm³/mol. The van der Waals surface area contributed by atoms with Crippen LogP contribution in [0.3, 0.4) is 0 Å². The Morgan fingerprint density at radius 3 is 2.18 bits per heavy atom. The van der Waals surface area contributed by atoms with Crippen molar-refractivity contribution in [3.8, 4) is 16.8 Å². The first kappa shape index (κ1) is 17.0. The third-order valence-corrected chi connectivity index (χ3v) is 5.65. The van der Waals surface area contributed by atoms with Crippen molar-refractivity contribution in [2.24, 2.45) is 0 Å². The van der Waals surface area contributed by atoms with E-state index in [9.17, 15) is 0 Å². The van der Waals surface area contributed by atoms with Gasteiger partial charge in [-0.05, 0) is 54.6 Å². The quantitative estimate of drug-likeness (QED) is 0.534. The summed E-state index contributed by atoms with van der Waals surface area (Å²) in [6.45, 7) is 4.42. The normalized spacial score (nSPS) is 15.2. The highest BCUT2D eigenvalue weighted by Crippen LogP contribution is 2.26. The highest BCUT2D eigenvalue weighted by molar-refractivity contribution is 5.83. The summed E-state index contributed by atoms with van der Waals surface area (Å²) in [6.07, 6.45) is 1.92. The summed E-state index contributed by atoms with van der Waals surface area (Å²) in [5, 5.41) is 0. The van der Waals surface area contributed by atoms with Gasteiger partial charge in [0.05, 0.1) is 11.0 Å². The van der Waals surface area contributed by atoms with Gasteiger partial charge in [0.1, 0.15) is 6.33 Å². The number of piperazine rings is 1. The van der Waals surface area contributed by atoms with Gasteiger partial charge in [0.15, 0.2) is 0 Å². The topological polar surface area (TPSA) is 24.3 Å². The molecular formula is C24H24N4. The molecule has 4 nitrogen and oxygen atoms in total. The Kier molecular flexibility index (Phi) is 4.34. The van der Waals surface area contributed by atoms with Crippen LogP contribution in [0.2, 0.25) is 0 Å². The maximum Gasteiger partial charge on any atom is 0.100 e. The number of hydrogen-bond acceptors (Lipinski definition) is 3. The predicted octanol–water partition coefficient (Wildman–Crippen LogP) is 4.44. The smallest absolute Gasteiger partial charge is 0.100 e. The molecule has 0 N–H and O–H groups in total. The van der Waals surface area contributed by atoms with Crippen LogP contribution in [0.5, 0.6) is 0 Å². The third-order valence-electron chi connectivity index (χ3n) is 5.65. The lowest BCUT2D eigenvalue weighted by Crippen LogP contribution is -2.44. The molecule has 0 unspecified atom stereocenters. The monoisotopic (exact) mass is 368 g/mol. The van der Waals surface area contributed by atoms with Crippen molar-refractivity contribution < 1.29 is 0 Å². The Labute approximate surface area is 165 Å². The van der Waals surface area contributed by atoms with E-state index in [2.05, 4.69) is 93.1 Å². The molecule has 0 bridgehead atoms. The van der Waals surface area contributed by atoms with E-state index in [1.165, 1.54) is 16.8 Å². The number of likely N-dealkylation sites (N-methyl/N-ethyl adjacent to an activating group) is 1. The van der Waals surface area contributed by atoms with E-state index in [0.717, 1.165) is 42.9 Å². The Hall–Kier alpha value is -3.11. The maximum absolute atomic E-state index is 4.65. The fraction of sp³-hybridized carbons (Fsp3) is 0.208. The Balaban J connectivity index is 1.43. The SMILES string of the molecule is CN1CCN(c2ccc(-n3cnc4cc(-c5ccccc5)ccc43)cc2)CC1. The van der Waals surface area contributed by atoms with E-state index in [-0.39, 0.29) is 0 Å². The lowest BCUT2D eigenvalue weighted by molar-refractivity contribution is 0.313. The molecule has 1 saturated heterocycles. The molecule has 4 aromatic rings. The number of anilines is 1. The van der Waals surface area contributed by atoms with Crippen LogP contribution in [-0.4, -0.2) is 47.7 Å². The van der Waals surface area contributed by atoms with Crippen molar-refractivity contribution in [3.63, 3.8) is 0 Å². The summed E-state index contributed by atoms with van der Waals surface area (Å²) < 4.78 is 2.16. The molecule has 1 fully saturated rings.